The van der Waals surface area contributed by atoms with Crippen LogP contribution in [0.25, 0.3) is 10.9 Å². The van der Waals surface area contributed by atoms with Crippen molar-refractivity contribution in [3.63, 3.8) is 0 Å². The first-order chi connectivity index (χ1) is 13.0. The topological polar surface area (TPSA) is 45.7 Å². The molecule has 2 atom stereocenters. The van der Waals surface area contributed by atoms with Crippen molar-refractivity contribution in [1.82, 2.24) is 14.8 Å². The Labute approximate surface area is 161 Å². The molecule has 2 aliphatic rings. The van der Waals surface area contributed by atoms with Gasteiger partial charge in [0.1, 0.15) is 23.1 Å². The number of nitrogens with zero attached hydrogens (tertiary/aromatic N) is 3. The molecular formula is C22H29N3O2. The molecule has 0 N–H and O–H groups in total. The third-order valence-corrected chi connectivity index (χ3v) is 5.92. The minimum Gasteiger partial charge on any atom is -0.487 e. The number of fused-ring (bicyclic) bond motifs is 1. The summed E-state index contributed by atoms with van der Waals surface area (Å²) in [7, 11) is 0. The summed E-state index contributed by atoms with van der Waals surface area (Å²) in [5.74, 6) is 0.816. The van der Waals surface area contributed by atoms with Gasteiger partial charge in [-0.25, -0.2) is 4.98 Å². The molecule has 1 aromatic carbocycles. The summed E-state index contributed by atoms with van der Waals surface area (Å²) in [6.07, 6.45) is 3.35. The monoisotopic (exact) mass is 367 g/mol. The maximum atomic E-state index is 12.9. The first-order valence-electron chi connectivity index (χ1n) is 10.1. The van der Waals surface area contributed by atoms with Gasteiger partial charge in [-0.3, -0.25) is 9.69 Å². The van der Waals surface area contributed by atoms with Crippen LogP contribution in [0.1, 0.15) is 50.5 Å². The highest BCUT2D eigenvalue weighted by molar-refractivity contribution is 5.96. The van der Waals surface area contributed by atoms with Crippen molar-refractivity contribution in [1.29, 1.82) is 0 Å². The van der Waals surface area contributed by atoms with Gasteiger partial charge in [0.05, 0.1) is 0 Å². The maximum absolute atomic E-state index is 12.9. The number of carbonyl (C=O) groups is 1. The Kier molecular flexibility index (Phi) is 5.04. The zero-order valence-electron chi connectivity index (χ0n) is 16.5. The van der Waals surface area contributed by atoms with E-state index in [4.69, 9.17) is 9.72 Å². The highest BCUT2D eigenvalue weighted by Crippen LogP contribution is 2.28. The molecule has 2 saturated heterocycles. The Morgan fingerprint density at radius 3 is 2.74 bits per heavy atom. The van der Waals surface area contributed by atoms with E-state index in [-0.39, 0.29) is 12.0 Å². The van der Waals surface area contributed by atoms with Crippen LogP contribution in [0.5, 0.6) is 5.75 Å². The lowest BCUT2D eigenvalue weighted by Gasteiger charge is -2.22. The summed E-state index contributed by atoms with van der Waals surface area (Å²) >= 11 is 0. The number of ether oxygens (including phenoxy) is 1. The third-order valence-electron chi connectivity index (χ3n) is 5.92. The van der Waals surface area contributed by atoms with Crippen LogP contribution in [0.4, 0.5) is 0 Å². The van der Waals surface area contributed by atoms with E-state index in [9.17, 15) is 4.79 Å². The van der Waals surface area contributed by atoms with Gasteiger partial charge in [-0.1, -0.05) is 18.2 Å². The van der Waals surface area contributed by atoms with E-state index < -0.39 is 0 Å². The number of likely N-dealkylation sites (tertiary alicyclic amines) is 2. The molecule has 27 heavy (non-hydrogen) atoms. The molecule has 3 heterocycles. The Morgan fingerprint density at radius 1 is 1.19 bits per heavy atom. The Hall–Kier alpha value is -2.14. The molecule has 2 aromatic rings. The SMILES string of the molecule is CC(C)N1CCC(Oc2cccc3ccc(C(=O)N4CCCC4C)nc23)C1. The number of carbonyl (C=O) groups excluding carboxylic acids is 1. The van der Waals surface area contributed by atoms with E-state index in [1.54, 1.807) is 0 Å². The zero-order valence-corrected chi connectivity index (χ0v) is 16.5. The van der Waals surface area contributed by atoms with Gasteiger partial charge in [0, 0.05) is 37.1 Å². The van der Waals surface area contributed by atoms with Crippen molar-refractivity contribution in [2.24, 2.45) is 0 Å². The molecule has 1 aromatic heterocycles. The molecule has 1 amide bonds. The van der Waals surface area contributed by atoms with Crippen molar-refractivity contribution in [2.45, 2.75) is 58.2 Å². The van der Waals surface area contributed by atoms with Crippen molar-refractivity contribution >= 4 is 16.8 Å². The van der Waals surface area contributed by atoms with Gasteiger partial charge in [-0.05, 0) is 52.2 Å². The lowest BCUT2D eigenvalue weighted by Crippen LogP contribution is -2.34. The van der Waals surface area contributed by atoms with Crippen molar-refractivity contribution in [2.75, 3.05) is 19.6 Å². The summed E-state index contributed by atoms with van der Waals surface area (Å²) in [5, 5.41) is 1.01. The van der Waals surface area contributed by atoms with E-state index in [1.807, 2.05) is 35.2 Å². The van der Waals surface area contributed by atoms with Crippen LogP contribution in [0, 0.1) is 0 Å². The average molecular weight is 367 g/mol. The van der Waals surface area contributed by atoms with E-state index >= 15 is 0 Å². The van der Waals surface area contributed by atoms with Gasteiger partial charge in [0.25, 0.3) is 5.91 Å². The second-order valence-corrected chi connectivity index (χ2v) is 8.13. The van der Waals surface area contributed by atoms with Crippen LogP contribution in [-0.2, 0) is 0 Å². The number of hydrogen-bond acceptors (Lipinski definition) is 4. The summed E-state index contributed by atoms with van der Waals surface area (Å²) in [6, 6.07) is 10.7. The number of amides is 1. The fraction of sp³-hybridized carbons (Fsp3) is 0.545. The van der Waals surface area contributed by atoms with Crippen molar-refractivity contribution < 1.29 is 9.53 Å². The fourth-order valence-electron chi connectivity index (χ4n) is 4.21. The van der Waals surface area contributed by atoms with Crippen LogP contribution in [0.15, 0.2) is 30.3 Å². The molecule has 2 aliphatic heterocycles. The lowest BCUT2D eigenvalue weighted by atomic mass is 10.1. The summed E-state index contributed by atoms with van der Waals surface area (Å²) in [4.78, 5) is 22.0. The van der Waals surface area contributed by atoms with Crippen LogP contribution in [0.3, 0.4) is 0 Å². The predicted molar refractivity (Wildman–Crippen MR) is 107 cm³/mol. The lowest BCUT2D eigenvalue weighted by molar-refractivity contribution is 0.0742. The normalized spacial score (nSPS) is 23.5. The molecular weight excluding hydrogens is 338 g/mol. The summed E-state index contributed by atoms with van der Waals surface area (Å²) in [5.41, 5.74) is 1.31. The van der Waals surface area contributed by atoms with Gasteiger partial charge < -0.3 is 9.64 Å². The van der Waals surface area contributed by atoms with Gasteiger partial charge in [0.2, 0.25) is 0 Å². The molecule has 5 nitrogen and oxygen atoms in total. The first kappa shape index (κ1) is 18.2. The van der Waals surface area contributed by atoms with Crippen molar-refractivity contribution in [3.8, 4) is 5.75 Å². The number of benzene rings is 1. The van der Waals surface area contributed by atoms with E-state index in [2.05, 4.69) is 25.7 Å². The molecule has 144 valence electrons. The largest absolute Gasteiger partial charge is 0.487 e. The first-order valence-corrected chi connectivity index (χ1v) is 10.1. The Bertz CT molecular complexity index is 835. The minimum absolute atomic E-state index is 0.0311. The molecule has 0 radical (unpaired) electrons. The molecule has 0 aliphatic carbocycles. The number of hydrogen-bond donors (Lipinski definition) is 0. The Balaban J connectivity index is 1.59. The third kappa shape index (κ3) is 3.65. The molecule has 2 fully saturated rings. The number of aromatic nitrogens is 1. The predicted octanol–water partition coefficient (Wildman–Crippen LogP) is 3.72. The van der Waals surface area contributed by atoms with E-state index in [1.165, 1.54) is 0 Å². The average Bonchev–Trinajstić information content (AvgIpc) is 3.30. The second-order valence-electron chi connectivity index (χ2n) is 8.13. The highest BCUT2D eigenvalue weighted by atomic mass is 16.5. The Morgan fingerprint density at radius 2 is 2.04 bits per heavy atom. The number of para-hydroxylation sites is 1. The van der Waals surface area contributed by atoms with Crippen LogP contribution >= 0.6 is 0 Å². The molecule has 4 rings (SSSR count). The molecule has 5 heteroatoms. The highest BCUT2D eigenvalue weighted by Gasteiger charge is 2.28. The molecule has 2 unspecified atom stereocenters. The quantitative estimate of drug-likeness (QED) is 0.826. The maximum Gasteiger partial charge on any atom is 0.272 e. The molecule has 0 spiro atoms. The van der Waals surface area contributed by atoms with Crippen LogP contribution in [0.2, 0.25) is 0 Å². The van der Waals surface area contributed by atoms with Gasteiger partial charge in [-0.15, -0.1) is 0 Å². The minimum atomic E-state index is 0.0311. The fourth-order valence-corrected chi connectivity index (χ4v) is 4.21. The molecule has 0 saturated carbocycles. The van der Waals surface area contributed by atoms with E-state index in [0.717, 1.165) is 55.5 Å². The summed E-state index contributed by atoms with van der Waals surface area (Å²) < 4.78 is 6.32. The van der Waals surface area contributed by atoms with Gasteiger partial charge >= 0.3 is 0 Å². The van der Waals surface area contributed by atoms with Gasteiger partial charge in [-0.2, -0.15) is 0 Å². The second kappa shape index (κ2) is 7.47. The van der Waals surface area contributed by atoms with Crippen LogP contribution in [-0.4, -0.2) is 58.5 Å². The zero-order chi connectivity index (χ0) is 19.0. The van der Waals surface area contributed by atoms with Gasteiger partial charge in [0.15, 0.2) is 0 Å². The van der Waals surface area contributed by atoms with E-state index in [0.29, 0.717) is 17.8 Å². The smallest absolute Gasteiger partial charge is 0.272 e. The summed E-state index contributed by atoms with van der Waals surface area (Å²) in [6.45, 7) is 9.39. The number of rotatable bonds is 4. The number of pyridine rings is 1. The van der Waals surface area contributed by atoms with Crippen molar-refractivity contribution in [3.05, 3.63) is 36.0 Å². The molecule has 0 bridgehead atoms. The standard InChI is InChI=1S/C22H29N3O2/c1-15(2)24-13-11-18(14-24)27-20-8-4-7-17-9-10-19(23-21(17)20)22(26)25-12-5-6-16(25)3/h4,7-10,15-16,18H,5-6,11-14H2,1-3H3. The van der Waals surface area contributed by atoms with Crippen LogP contribution < -0.4 is 4.74 Å².